The number of aldehydes is 1. The normalized spacial score (nSPS) is 18.1. The fraction of sp³-hybridized carbons (Fsp3) is 0.333. The highest BCUT2D eigenvalue weighted by molar-refractivity contribution is 6.27. The maximum absolute atomic E-state index is 10.8. The summed E-state index contributed by atoms with van der Waals surface area (Å²) in [4.78, 5) is 35.5. The number of aliphatic carboxylic acids is 2. The molecule has 0 bridgehead atoms. The van der Waals surface area contributed by atoms with Gasteiger partial charge < -0.3 is 25.2 Å². The molecule has 0 saturated heterocycles. The third kappa shape index (κ3) is 4.00. The van der Waals surface area contributed by atoms with Crippen LogP contribution in [0.4, 0.5) is 5.69 Å². The molecule has 3 rings (SSSR count). The molecule has 1 aromatic rings. The summed E-state index contributed by atoms with van der Waals surface area (Å²) in [5.41, 5.74) is 1.62. The molecule has 2 aliphatic rings. The maximum Gasteiger partial charge on any atom is 0.414 e. The average Bonchev–Trinajstić information content (AvgIpc) is 3.09. The molecule has 0 radical (unpaired) electrons. The minimum atomic E-state index is -1.82. The van der Waals surface area contributed by atoms with Crippen LogP contribution in [0.1, 0.15) is 10.4 Å². The molecule has 0 aromatic heterocycles. The zero-order chi connectivity index (χ0) is 17.7. The Kier molecular flexibility index (Phi) is 5.35. The first-order valence-corrected chi connectivity index (χ1v) is 7.14. The van der Waals surface area contributed by atoms with Gasteiger partial charge in [-0.25, -0.2) is 9.59 Å². The highest BCUT2D eigenvalue weighted by atomic mass is 16.5. The Labute approximate surface area is 137 Å². The molecule has 2 aliphatic heterocycles. The number of carboxylic acid groups (broad SMARTS) is 2. The number of nitrogens with zero attached hydrogens (tertiary/aromatic N) is 2. The summed E-state index contributed by atoms with van der Waals surface area (Å²) in [6.45, 7) is 2.44. The van der Waals surface area contributed by atoms with Crippen LogP contribution >= 0.6 is 0 Å². The number of rotatable bonds is 2. The van der Waals surface area contributed by atoms with Crippen LogP contribution in [-0.2, 0) is 9.59 Å². The van der Waals surface area contributed by atoms with Gasteiger partial charge in [0.2, 0.25) is 0 Å². The summed E-state index contributed by atoms with van der Waals surface area (Å²) in [6.07, 6.45) is 0.801. The molecule has 1 atom stereocenters. The van der Waals surface area contributed by atoms with Crippen LogP contribution in [0.25, 0.3) is 0 Å². The topological polar surface area (TPSA) is 129 Å². The molecule has 9 nitrogen and oxygen atoms in total. The van der Waals surface area contributed by atoms with E-state index in [0.29, 0.717) is 5.56 Å². The summed E-state index contributed by atoms with van der Waals surface area (Å²) in [6, 6.07) is 5.46. The van der Waals surface area contributed by atoms with Gasteiger partial charge in [-0.05, 0) is 18.2 Å². The smallest absolute Gasteiger partial charge is 0.414 e. The number of hydrogen-bond acceptors (Lipinski definition) is 7. The molecule has 0 aliphatic carbocycles. The van der Waals surface area contributed by atoms with E-state index < -0.39 is 11.9 Å². The van der Waals surface area contributed by atoms with Crippen molar-refractivity contribution in [3.05, 3.63) is 23.8 Å². The van der Waals surface area contributed by atoms with Gasteiger partial charge in [-0.1, -0.05) is 0 Å². The molecule has 128 valence electrons. The molecule has 2 heterocycles. The summed E-state index contributed by atoms with van der Waals surface area (Å²) < 4.78 is 5.93. The van der Waals surface area contributed by atoms with Gasteiger partial charge in [0.15, 0.2) is 6.10 Å². The third-order valence-electron chi connectivity index (χ3n) is 3.43. The fourth-order valence-electron chi connectivity index (χ4n) is 2.32. The van der Waals surface area contributed by atoms with Crippen molar-refractivity contribution < 1.29 is 29.3 Å². The largest absolute Gasteiger partial charge is 0.478 e. The molecule has 0 amide bonds. The third-order valence-corrected chi connectivity index (χ3v) is 3.43. The van der Waals surface area contributed by atoms with Crippen molar-refractivity contribution in [1.82, 2.24) is 5.32 Å². The number of carbonyl (C=O) groups is 3. The first-order chi connectivity index (χ1) is 11.4. The van der Waals surface area contributed by atoms with Gasteiger partial charge in [0, 0.05) is 19.2 Å². The number of ether oxygens (including phenoxy) is 1. The molecule has 24 heavy (non-hydrogen) atoms. The lowest BCUT2D eigenvalue weighted by atomic mass is 10.1. The highest BCUT2D eigenvalue weighted by Gasteiger charge is 2.28. The number of anilines is 1. The van der Waals surface area contributed by atoms with Gasteiger partial charge in [0.25, 0.3) is 0 Å². The van der Waals surface area contributed by atoms with Gasteiger partial charge in [-0.2, -0.15) is 0 Å². The summed E-state index contributed by atoms with van der Waals surface area (Å²) in [5.74, 6) is -1.92. The maximum atomic E-state index is 10.8. The van der Waals surface area contributed by atoms with E-state index in [9.17, 15) is 4.79 Å². The molecular formula is C15H17N3O6. The zero-order valence-corrected chi connectivity index (χ0v) is 12.9. The van der Waals surface area contributed by atoms with E-state index in [-0.39, 0.29) is 6.10 Å². The second-order valence-corrected chi connectivity index (χ2v) is 5.14. The lowest BCUT2D eigenvalue weighted by Gasteiger charge is -2.33. The second-order valence-electron chi connectivity index (χ2n) is 5.14. The summed E-state index contributed by atoms with van der Waals surface area (Å²) >= 11 is 0. The Balaban J connectivity index is 0.000000301. The first-order valence-electron chi connectivity index (χ1n) is 7.14. The van der Waals surface area contributed by atoms with Crippen molar-refractivity contribution in [2.24, 2.45) is 4.99 Å². The number of aliphatic imine (C=N–C) groups is 1. The molecule has 3 N–H and O–H groups in total. The fourth-order valence-corrected chi connectivity index (χ4v) is 2.32. The van der Waals surface area contributed by atoms with E-state index in [1.165, 1.54) is 0 Å². The van der Waals surface area contributed by atoms with E-state index in [1.807, 2.05) is 19.2 Å². The van der Waals surface area contributed by atoms with Crippen LogP contribution in [0.5, 0.6) is 5.75 Å². The number of fused-ring (bicyclic) bond motifs is 1. The molecule has 1 unspecified atom stereocenters. The Morgan fingerprint density at radius 2 is 2.08 bits per heavy atom. The van der Waals surface area contributed by atoms with Crippen molar-refractivity contribution in [2.75, 3.05) is 31.6 Å². The number of nitrogens with one attached hydrogen (secondary N) is 1. The quantitative estimate of drug-likeness (QED) is 0.503. The van der Waals surface area contributed by atoms with Crippen LogP contribution in [0.15, 0.2) is 23.2 Å². The molecule has 9 heteroatoms. The van der Waals surface area contributed by atoms with E-state index in [1.54, 1.807) is 6.07 Å². The Morgan fingerprint density at radius 1 is 1.38 bits per heavy atom. The number of carbonyl (C=O) groups excluding carboxylic acids is 1. The highest BCUT2D eigenvalue weighted by Crippen LogP contribution is 2.33. The van der Waals surface area contributed by atoms with Crippen molar-refractivity contribution in [1.29, 1.82) is 0 Å². The lowest BCUT2D eigenvalue weighted by molar-refractivity contribution is -0.159. The molecule has 1 aromatic carbocycles. The molecule has 0 fully saturated rings. The van der Waals surface area contributed by atoms with Gasteiger partial charge in [0.1, 0.15) is 17.9 Å². The molecule has 0 spiro atoms. The van der Waals surface area contributed by atoms with Gasteiger partial charge in [-0.15, -0.1) is 0 Å². The van der Waals surface area contributed by atoms with Crippen LogP contribution < -0.4 is 15.0 Å². The minimum absolute atomic E-state index is 0.0490. The SMILES string of the molecule is CN1CC(C2=NCCN2)Oc2ccc(C=O)cc21.O=C(O)C(=O)O. The van der Waals surface area contributed by atoms with Crippen molar-refractivity contribution in [3.8, 4) is 5.75 Å². The lowest BCUT2D eigenvalue weighted by Crippen LogP contribution is -2.46. The van der Waals surface area contributed by atoms with Crippen molar-refractivity contribution in [2.45, 2.75) is 6.10 Å². The predicted octanol–water partition coefficient (Wildman–Crippen LogP) is -0.146. The molecule has 0 saturated carbocycles. The van der Waals surface area contributed by atoms with Crippen molar-refractivity contribution >= 4 is 29.7 Å². The predicted molar refractivity (Wildman–Crippen MR) is 85.1 cm³/mol. The average molecular weight is 335 g/mol. The number of amidine groups is 1. The zero-order valence-electron chi connectivity index (χ0n) is 12.9. The van der Waals surface area contributed by atoms with E-state index in [4.69, 9.17) is 24.5 Å². The Hall–Kier alpha value is -3.10. The Bertz CT molecular complexity index is 676. The second kappa shape index (κ2) is 7.44. The van der Waals surface area contributed by atoms with E-state index in [0.717, 1.165) is 43.2 Å². The van der Waals surface area contributed by atoms with Crippen molar-refractivity contribution in [3.63, 3.8) is 0 Å². The number of hydrogen-bond donors (Lipinski definition) is 3. The van der Waals surface area contributed by atoms with Crippen LogP contribution in [-0.4, -0.2) is 67.1 Å². The van der Waals surface area contributed by atoms with E-state index >= 15 is 0 Å². The summed E-state index contributed by atoms with van der Waals surface area (Å²) in [5, 5.41) is 18.0. The summed E-state index contributed by atoms with van der Waals surface area (Å²) in [7, 11) is 2.00. The number of benzene rings is 1. The number of likely N-dealkylation sites (N-methyl/N-ethyl adjacent to an activating group) is 1. The van der Waals surface area contributed by atoms with Gasteiger partial charge >= 0.3 is 11.9 Å². The van der Waals surface area contributed by atoms with Crippen LogP contribution in [0.2, 0.25) is 0 Å². The standard InChI is InChI=1S/C13H15N3O2.C2H2O4/c1-16-7-12(13-14-4-5-15-13)18-11-3-2-9(8-17)6-10(11)16;3-1(4)2(5)6/h2-3,6,8,12H,4-5,7H2,1H3,(H,14,15);(H,3,4)(H,5,6). The van der Waals surface area contributed by atoms with Crippen LogP contribution in [0.3, 0.4) is 0 Å². The minimum Gasteiger partial charge on any atom is -0.478 e. The molecular weight excluding hydrogens is 318 g/mol. The van der Waals surface area contributed by atoms with Gasteiger partial charge in [0.05, 0.1) is 18.8 Å². The number of carboxylic acids is 2. The Morgan fingerprint density at radius 3 is 2.62 bits per heavy atom. The monoisotopic (exact) mass is 335 g/mol. The van der Waals surface area contributed by atoms with E-state index in [2.05, 4.69) is 15.2 Å². The van der Waals surface area contributed by atoms with Gasteiger partial charge in [-0.3, -0.25) is 9.79 Å². The van der Waals surface area contributed by atoms with Crippen LogP contribution in [0, 0.1) is 0 Å². The first kappa shape index (κ1) is 17.3.